The molecular formula is C18H23NO4. The number of carbonyl (C=O) groups is 2. The van der Waals surface area contributed by atoms with Gasteiger partial charge in [-0.3, -0.25) is 9.59 Å². The lowest BCUT2D eigenvalue weighted by molar-refractivity contribution is -0.154. The number of amides is 1. The lowest BCUT2D eigenvalue weighted by Crippen LogP contribution is -2.46. The van der Waals surface area contributed by atoms with Gasteiger partial charge in [0.2, 0.25) is 5.91 Å². The number of fused-ring (bicyclic) bond motifs is 1. The fraction of sp³-hybridized carbons (Fsp3) is 0.556. The second-order valence-electron chi connectivity index (χ2n) is 6.61. The Hall–Kier alpha value is -1.88. The molecule has 0 spiro atoms. The van der Waals surface area contributed by atoms with Crippen LogP contribution in [0, 0.1) is 5.41 Å². The van der Waals surface area contributed by atoms with E-state index in [1.807, 2.05) is 6.07 Å². The third-order valence-electron chi connectivity index (χ3n) is 5.06. The number of carboxylic acids is 1. The van der Waals surface area contributed by atoms with Gasteiger partial charge in [-0.1, -0.05) is 18.2 Å². The molecule has 2 N–H and O–H groups in total. The van der Waals surface area contributed by atoms with Gasteiger partial charge in [0, 0.05) is 19.8 Å². The van der Waals surface area contributed by atoms with E-state index >= 15 is 0 Å². The van der Waals surface area contributed by atoms with Crippen molar-refractivity contribution in [2.45, 2.75) is 38.5 Å². The number of aliphatic carboxylic acids is 1. The summed E-state index contributed by atoms with van der Waals surface area (Å²) in [6, 6.07) is 6.23. The zero-order valence-electron chi connectivity index (χ0n) is 13.3. The summed E-state index contributed by atoms with van der Waals surface area (Å²) in [6.45, 7) is 1.05. The van der Waals surface area contributed by atoms with Crippen LogP contribution in [-0.4, -0.2) is 36.7 Å². The summed E-state index contributed by atoms with van der Waals surface area (Å²) < 4.78 is 5.24. The maximum atomic E-state index is 12.2. The van der Waals surface area contributed by atoms with Crippen molar-refractivity contribution in [1.29, 1.82) is 0 Å². The number of carbonyl (C=O) groups excluding carboxylic acids is 1. The van der Waals surface area contributed by atoms with Crippen molar-refractivity contribution in [2.75, 3.05) is 19.8 Å². The highest BCUT2D eigenvalue weighted by atomic mass is 16.5. The molecule has 5 nitrogen and oxygen atoms in total. The molecular weight excluding hydrogens is 294 g/mol. The van der Waals surface area contributed by atoms with Gasteiger partial charge in [0.05, 0.1) is 11.8 Å². The number of ether oxygens (including phenoxy) is 1. The van der Waals surface area contributed by atoms with Crippen molar-refractivity contribution in [1.82, 2.24) is 5.32 Å². The molecule has 124 valence electrons. The number of nitrogens with one attached hydrogen (secondary N) is 1. The molecule has 1 fully saturated rings. The molecule has 0 radical (unpaired) electrons. The van der Waals surface area contributed by atoms with E-state index in [1.54, 1.807) is 0 Å². The quantitative estimate of drug-likeness (QED) is 0.867. The third kappa shape index (κ3) is 3.55. The smallest absolute Gasteiger partial charge is 0.311 e. The Labute approximate surface area is 136 Å². The Morgan fingerprint density at radius 2 is 1.91 bits per heavy atom. The molecule has 0 saturated carbocycles. The first kappa shape index (κ1) is 16.0. The second-order valence-corrected chi connectivity index (χ2v) is 6.61. The van der Waals surface area contributed by atoms with Gasteiger partial charge in [-0.05, 0) is 48.8 Å². The molecule has 1 aliphatic carbocycles. The Morgan fingerprint density at radius 3 is 2.65 bits per heavy atom. The van der Waals surface area contributed by atoms with E-state index in [9.17, 15) is 14.7 Å². The molecule has 23 heavy (non-hydrogen) atoms. The van der Waals surface area contributed by atoms with Gasteiger partial charge in [-0.25, -0.2) is 0 Å². The normalized spacial score (nSPS) is 19.1. The Kier molecular flexibility index (Phi) is 4.66. The summed E-state index contributed by atoms with van der Waals surface area (Å²) in [4.78, 5) is 23.8. The number of benzene rings is 1. The summed E-state index contributed by atoms with van der Waals surface area (Å²) in [5.74, 6) is -0.964. The molecule has 2 aliphatic rings. The van der Waals surface area contributed by atoms with Crippen LogP contribution < -0.4 is 5.32 Å². The van der Waals surface area contributed by atoms with Crippen molar-refractivity contribution in [3.05, 3.63) is 34.9 Å². The Morgan fingerprint density at radius 1 is 1.17 bits per heavy atom. The van der Waals surface area contributed by atoms with Crippen LogP contribution in [0.2, 0.25) is 0 Å². The largest absolute Gasteiger partial charge is 0.481 e. The molecule has 1 heterocycles. The minimum atomic E-state index is -0.883. The SMILES string of the molecule is O=C(Cc1ccc2c(c1)CCC2)NCC1(C(=O)O)CCOCC1. The molecule has 1 aliphatic heterocycles. The first-order chi connectivity index (χ1) is 11.1. The van der Waals surface area contributed by atoms with Crippen LogP contribution in [0.4, 0.5) is 0 Å². The van der Waals surface area contributed by atoms with Crippen LogP contribution in [0.25, 0.3) is 0 Å². The maximum Gasteiger partial charge on any atom is 0.311 e. The average molecular weight is 317 g/mol. The van der Waals surface area contributed by atoms with Crippen LogP contribution in [0.1, 0.15) is 36.0 Å². The molecule has 5 heteroatoms. The van der Waals surface area contributed by atoms with E-state index in [2.05, 4.69) is 17.4 Å². The van der Waals surface area contributed by atoms with Crippen molar-refractivity contribution in [2.24, 2.45) is 5.41 Å². The van der Waals surface area contributed by atoms with Gasteiger partial charge in [0.15, 0.2) is 0 Å². The van der Waals surface area contributed by atoms with Crippen molar-refractivity contribution in [3.8, 4) is 0 Å². The van der Waals surface area contributed by atoms with Gasteiger partial charge in [0.25, 0.3) is 0 Å². The molecule has 1 saturated heterocycles. The predicted molar refractivity (Wildman–Crippen MR) is 85.3 cm³/mol. The second kappa shape index (κ2) is 6.71. The van der Waals surface area contributed by atoms with Crippen LogP contribution in [-0.2, 0) is 33.6 Å². The lowest BCUT2D eigenvalue weighted by Gasteiger charge is -2.33. The molecule has 3 rings (SSSR count). The van der Waals surface area contributed by atoms with E-state index in [0.29, 0.717) is 32.5 Å². The molecule has 0 aromatic heterocycles. The summed E-state index contributed by atoms with van der Waals surface area (Å²) >= 11 is 0. The molecule has 0 unspecified atom stereocenters. The number of hydrogen-bond acceptors (Lipinski definition) is 3. The van der Waals surface area contributed by atoms with Crippen molar-refractivity contribution >= 4 is 11.9 Å². The third-order valence-corrected chi connectivity index (χ3v) is 5.06. The summed E-state index contributed by atoms with van der Waals surface area (Å²) in [5, 5.41) is 12.3. The van der Waals surface area contributed by atoms with Gasteiger partial charge in [-0.15, -0.1) is 0 Å². The van der Waals surface area contributed by atoms with Gasteiger partial charge >= 0.3 is 5.97 Å². The number of aryl methyl sites for hydroxylation is 2. The summed E-state index contributed by atoms with van der Waals surface area (Å²) in [6.07, 6.45) is 4.61. The zero-order valence-corrected chi connectivity index (χ0v) is 13.3. The lowest BCUT2D eigenvalue weighted by atomic mass is 9.80. The number of carboxylic acid groups (broad SMARTS) is 1. The molecule has 1 aromatic carbocycles. The average Bonchev–Trinajstić information content (AvgIpc) is 3.01. The first-order valence-electron chi connectivity index (χ1n) is 8.28. The highest BCUT2D eigenvalue weighted by molar-refractivity contribution is 5.80. The minimum Gasteiger partial charge on any atom is -0.481 e. The topological polar surface area (TPSA) is 75.6 Å². The highest BCUT2D eigenvalue weighted by Crippen LogP contribution is 2.30. The van der Waals surface area contributed by atoms with Gasteiger partial charge < -0.3 is 15.2 Å². The van der Waals surface area contributed by atoms with E-state index in [0.717, 1.165) is 18.4 Å². The first-order valence-corrected chi connectivity index (χ1v) is 8.28. The van der Waals surface area contributed by atoms with Crippen molar-refractivity contribution in [3.63, 3.8) is 0 Å². The fourth-order valence-corrected chi connectivity index (χ4v) is 3.48. The monoisotopic (exact) mass is 317 g/mol. The molecule has 0 bridgehead atoms. The fourth-order valence-electron chi connectivity index (χ4n) is 3.48. The molecule has 1 amide bonds. The number of rotatable bonds is 5. The summed E-state index contributed by atoms with van der Waals surface area (Å²) in [5.41, 5.74) is 2.86. The van der Waals surface area contributed by atoms with E-state index in [4.69, 9.17) is 4.74 Å². The number of hydrogen-bond donors (Lipinski definition) is 2. The minimum absolute atomic E-state index is 0.116. The summed E-state index contributed by atoms with van der Waals surface area (Å²) in [7, 11) is 0. The Bertz CT molecular complexity index is 605. The van der Waals surface area contributed by atoms with E-state index in [-0.39, 0.29) is 12.5 Å². The van der Waals surface area contributed by atoms with Crippen LogP contribution in [0.15, 0.2) is 18.2 Å². The van der Waals surface area contributed by atoms with Crippen molar-refractivity contribution < 1.29 is 19.4 Å². The van der Waals surface area contributed by atoms with Crippen LogP contribution in [0.5, 0.6) is 0 Å². The van der Waals surface area contributed by atoms with Crippen LogP contribution in [0.3, 0.4) is 0 Å². The van der Waals surface area contributed by atoms with Gasteiger partial charge in [-0.2, -0.15) is 0 Å². The van der Waals surface area contributed by atoms with E-state index < -0.39 is 11.4 Å². The zero-order chi connectivity index (χ0) is 16.3. The standard InChI is InChI=1S/C18H23NO4/c20-16(11-13-4-5-14-2-1-3-15(14)10-13)19-12-18(17(21)22)6-8-23-9-7-18/h4-5,10H,1-3,6-9,11-12H2,(H,19,20)(H,21,22). The Balaban J connectivity index is 1.57. The van der Waals surface area contributed by atoms with E-state index in [1.165, 1.54) is 17.5 Å². The highest BCUT2D eigenvalue weighted by Gasteiger charge is 2.40. The molecule has 1 aromatic rings. The molecule has 0 atom stereocenters. The van der Waals surface area contributed by atoms with Gasteiger partial charge in [0.1, 0.15) is 0 Å². The predicted octanol–water partition coefficient (Wildman–Crippen LogP) is 1.72. The van der Waals surface area contributed by atoms with Crippen LogP contribution >= 0.6 is 0 Å². The maximum absolute atomic E-state index is 12.2.